The maximum atomic E-state index is 14.3. The van der Waals surface area contributed by atoms with Gasteiger partial charge < -0.3 is 20.0 Å². The van der Waals surface area contributed by atoms with E-state index in [0.29, 0.717) is 17.5 Å². The Morgan fingerprint density at radius 3 is 1.82 bits per heavy atom. The second-order valence-corrected chi connectivity index (χ2v) is 12.2. The lowest BCUT2D eigenvalue weighted by atomic mass is 9.87. The van der Waals surface area contributed by atoms with Crippen LogP contribution in [-0.2, 0) is 16.1 Å². The van der Waals surface area contributed by atoms with Crippen LogP contribution in [0.25, 0.3) is 11.1 Å². The molecule has 0 spiro atoms. The molecule has 8 nitrogen and oxygen atoms in total. The first-order valence-electron chi connectivity index (χ1n) is 16.2. The van der Waals surface area contributed by atoms with Crippen molar-refractivity contribution in [2.75, 3.05) is 6.54 Å². The molecule has 246 valence electrons. The second kappa shape index (κ2) is 14.8. The SMILES string of the molecule is O=C(O)c1ccccc1-c1ccc(CN(C(=O)c2ccccc2)[C@H]2CCN(C(=O)C(c3ccccc3)c3ccccc3)[C@@H](C(=O)O)C2)cc1. The number of carbonyl (C=O) groups is 4. The first-order chi connectivity index (χ1) is 23.8. The molecule has 0 aromatic heterocycles. The van der Waals surface area contributed by atoms with Gasteiger partial charge in [-0.15, -0.1) is 0 Å². The fourth-order valence-electron chi connectivity index (χ4n) is 6.68. The number of carboxylic acid groups (broad SMARTS) is 2. The lowest BCUT2D eigenvalue weighted by Crippen LogP contribution is -2.56. The van der Waals surface area contributed by atoms with E-state index in [0.717, 1.165) is 22.3 Å². The summed E-state index contributed by atoms with van der Waals surface area (Å²) in [5.74, 6) is -3.34. The van der Waals surface area contributed by atoms with Crippen molar-refractivity contribution in [2.24, 2.45) is 0 Å². The Balaban J connectivity index is 1.29. The first-order valence-corrected chi connectivity index (χ1v) is 16.2. The Hall–Kier alpha value is -6.02. The van der Waals surface area contributed by atoms with Crippen molar-refractivity contribution in [1.82, 2.24) is 9.80 Å². The van der Waals surface area contributed by atoms with Crippen LogP contribution in [0.3, 0.4) is 0 Å². The molecular weight excluding hydrogens is 616 g/mol. The minimum atomic E-state index is -1.14. The van der Waals surface area contributed by atoms with Gasteiger partial charge in [-0.1, -0.05) is 121 Å². The number of aliphatic carboxylic acids is 1. The molecule has 49 heavy (non-hydrogen) atoms. The molecule has 1 aliphatic rings. The summed E-state index contributed by atoms with van der Waals surface area (Å²) in [6, 6.07) is 40.2. The molecule has 1 heterocycles. The Morgan fingerprint density at radius 1 is 0.694 bits per heavy atom. The van der Waals surface area contributed by atoms with Gasteiger partial charge in [-0.3, -0.25) is 9.59 Å². The predicted octanol–water partition coefficient (Wildman–Crippen LogP) is 6.97. The topological polar surface area (TPSA) is 115 Å². The molecule has 8 heteroatoms. The molecule has 2 amide bonds. The molecule has 5 aromatic rings. The molecule has 0 radical (unpaired) electrons. The number of benzene rings is 5. The Bertz CT molecular complexity index is 1890. The number of hydrogen-bond donors (Lipinski definition) is 2. The highest BCUT2D eigenvalue weighted by Gasteiger charge is 2.42. The highest BCUT2D eigenvalue weighted by molar-refractivity contribution is 5.96. The Morgan fingerprint density at radius 2 is 1.24 bits per heavy atom. The van der Waals surface area contributed by atoms with Crippen LogP contribution in [0.2, 0.25) is 0 Å². The van der Waals surface area contributed by atoms with Crippen LogP contribution in [0.1, 0.15) is 56.2 Å². The molecular formula is C41H36N2O6. The molecule has 6 rings (SSSR count). The summed E-state index contributed by atoms with van der Waals surface area (Å²) >= 11 is 0. The number of carboxylic acids is 2. The number of rotatable bonds is 10. The largest absolute Gasteiger partial charge is 0.480 e. The Kier molecular flexibility index (Phi) is 9.95. The van der Waals surface area contributed by atoms with Gasteiger partial charge in [0.05, 0.1) is 11.5 Å². The number of nitrogens with zero attached hydrogens (tertiary/aromatic N) is 2. The van der Waals surface area contributed by atoms with Crippen LogP contribution in [0, 0.1) is 0 Å². The van der Waals surface area contributed by atoms with Gasteiger partial charge in [-0.2, -0.15) is 0 Å². The highest BCUT2D eigenvalue weighted by Crippen LogP contribution is 2.33. The van der Waals surface area contributed by atoms with E-state index in [1.807, 2.05) is 91.0 Å². The summed E-state index contributed by atoms with van der Waals surface area (Å²) < 4.78 is 0. The lowest BCUT2D eigenvalue weighted by molar-refractivity contribution is -0.153. The van der Waals surface area contributed by atoms with Crippen molar-refractivity contribution < 1.29 is 29.4 Å². The first kappa shape index (κ1) is 32.9. The fraction of sp³-hybridized carbons (Fsp3) is 0.171. The summed E-state index contributed by atoms with van der Waals surface area (Å²) in [6.45, 7) is 0.371. The Labute approximate surface area is 284 Å². The quantitative estimate of drug-likeness (QED) is 0.168. The van der Waals surface area contributed by atoms with Crippen molar-refractivity contribution in [3.63, 3.8) is 0 Å². The van der Waals surface area contributed by atoms with Crippen LogP contribution in [0.15, 0.2) is 140 Å². The third-order valence-corrected chi connectivity index (χ3v) is 9.15. The molecule has 1 saturated heterocycles. The van der Waals surface area contributed by atoms with Crippen molar-refractivity contribution in [3.8, 4) is 11.1 Å². The van der Waals surface area contributed by atoms with E-state index in [1.54, 1.807) is 53.4 Å². The summed E-state index contributed by atoms with van der Waals surface area (Å²) in [6.07, 6.45) is 0.467. The monoisotopic (exact) mass is 652 g/mol. The van der Waals surface area contributed by atoms with E-state index < -0.39 is 29.9 Å². The summed E-state index contributed by atoms with van der Waals surface area (Å²) in [5.41, 5.74) is 4.35. The molecule has 0 aliphatic carbocycles. The van der Waals surface area contributed by atoms with Crippen molar-refractivity contribution in [1.29, 1.82) is 0 Å². The molecule has 1 aliphatic heterocycles. The van der Waals surface area contributed by atoms with Gasteiger partial charge in [0.15, 0.2) is 0 Å². The second-order valence-electron chi connectivity index (χ2n) is 12.2. The molecule has 0 bridgehead atoms. The maximum absolute atomic E-state index is 14.3. The molecule has 2 atom stereocenters. The van der Waals surface area contributed by atoms with Gasteiger partial charge in [0.1, 0.15) is 6.04 Å². The number of carbonyl (C=O) groups excluding carboxylic acids is 2. The van der Waals surface area contributed by atoms with Crippen LogP contribution in [-0.4, -0.2) is 62.4 Å². The van der Waals surface area contributed by atoms with Crippen molar-refractivity contribution in [2.45, 2.75) is 37.4 Å². The van der Waals surface area contributed by atoms with Crippen LogP contribution in [0.4, 0.5) is 0 Å². The van der Waals surface area contributed by atoms with Gasteiger partial charge in [0.2, 0.25) is 5.91 Å². The van der Waals surface area contributed by atoms with E-state index in [1.165, 1.54) is 4.90 Å². The van der Waals surface area contributed by atoms with E-state index in [4.69, 9.17) is 0 Å². The summed E-state index contributed by atoms with van der Waals surface area (Å²) in [4.78, 5) is 56.2. The molecule has 1 fully saturated rings. The number of piperidine rings is 1. The van der Waals surface area contributed by atoms with Crippen LogP contribution < -0.4 is 0 Å². The van der Waals surface area contributed by atoms with Gasteiger partial charge in [0, 0.05) is 24.7 Å². The smallest absolute Gasteiger partial charge is 0.336 e. The standard InChI is InChI=1S/C41H36N2O6/c44-38(32-16-8-3-9-17-32)43(27-28-20-22-29(23-21-28)34-18-10-11-19-35(34)40(46)47)33-24-25-42(36(26-33)41(48)49)39(45)37(30-12-4-1-5-13-30)31-14-6-2-7-15-31/h1-23,33,36-37H,24-27H2,(H,46,47)(H,48,49)/t33-,36+/m0/s1. The third kappa shape index (κ3) is 7.28. The number of likely N-dealkylation sites (tertiary alicyclic amines) is 1. The molecule has 0 unspecified atom stereocenters. The molecule has 5 aromatic carbocycles. The lowest BCUT2D eigenvalue weighted by Gasteiger charge is -2.43. The van der Waals surface area contributed by atoms with E-state index in [-0.39, 0.29) is 36.9 Å². The van der Waals surface area contributed by atoms with Crippen LogP contribution >= 0.6 is 0 Å². The van der Waals surface area contributed by atoms with Crippen molar-refractivity contribution >= 4 is 23.8 Å². The fourth-order valence-corrected chi connectivity index (χ4v) is 6.68. The average Bonchev–Trinajstić information content (AvgIpc) is 3.15. The summed E-state index contributed by atoms with van der Waals surface area (Å²) in [5, 5.41) is 20.1. The zero-order valence-corrected chi connectivity index (χ0v) is 26.8. The third-order valence-electron chi connectivity index (χ3n) is 9.15. The number of amides is 2. The minimum absolute atomic E-state index is 0.0695. The van der Waals surface area contributed by atoms with E-state index in [2.05, 4.69) is 0 Å². The van der Waals surface area contributed by atoms with Gasteiger partial charge >= 0.3 is 11.9 Å². The summed E-state index contributed by atoms with van der Waals surface area (Å²) in [7, 11) is 0. The predicted molar refractivity (Wildman–Crippen MR) is 186 cm³/mol. The van der Waals surface area contributed by atoms with E-state index >= 15 is 0 Å². The van der Waals surface area contributed by atoms with Crippen molar-refractivity contribution in [3.05, 3.63) is 167 Å². The van der Waals surface area contributed by atoms with E-state index in [9.17, 15) is 29.4 Å². The number of hydrogen-bond acceptors (Lipinski definition) is 4. The average molecular weight is 653 g/mol. The van der Waals surface area contributed by atoms with Gasteiger partial charge in [-0.05, 0) is 58.9 Å². The van der Waals surface area contributed by atoms with Crippen LogP contribution in [0.5, 0.6) is 0 Å². The zero-order valence-electron chi connectivity index (χ0n) is 26.8. The minimum Gasteiger partial charge on any atom is -0.480 e. The normalized spacial score (nSPS) is 15.8. The van der Waals surface area contributed by atoms with Gasteiger partial charge in [0.25, 0.3) is 5.91 Å². The number of aromatic carboxylic acids is 1. The molecule has 0 saturated carbocycles. The van der Waals surface area contributed by atoms with Gasteiger partial charge in [-0.25, -0.2) is 9.59 Å². The zero-order chi connectivity index (χ0) is 34.3. The molecule has 2 N–H and O–H groups in total. The maximum Gasteiger partial charge on any atom is 0.336 e. The highest BCUT2D eigenvalue weighted by atomic mass is 16.4.